The van der Waals surface area contributed by atoms with E-state index >= 15 is 0 Å². The first kappa shape index (κ1) is 43.9. The van der Waals surface area contributed by atoms with Crippen molar-refractivity contribution in [3.8, 4) is 0 Å². The molecule has 2 saturated carbocycles. The minimum absolute atomic E-state index is 0. The second-order valence-electron chi connectivity index (χ2n) is 21.2. The number of benzene rings is 2. The van der Waals surface area contributed by atoms with Crippen LogP contribution in [0, 0.1) is 55.2 Å². The zero-order valence-electron chi connectivity index (χ0n) is 37.2. The number of unbranched alkanes of at least 4 members (excludes halogenated alkanes) is 1. The smallest absolute Gasteiger partial charge is 1.00 e. The largest absolute Gasteiger partial charge is 1.00 e. The molecule has 2 aromatic rings. The van der Waals surface area contributed by atoms with Gasteiger partial charge in [-0.15, -0.1) is 0 Å². The fourth-order valence-corrected chi connectivity index (χ4v) is 22.5. The first-order chi connectivity index (χ1) is 26.4. The minimum Gasteiger partial charge on any atom is -1.00 e. The monoisotopic (exact) mass is 886 g/mol. The molecule has 8 aliphatic carbocycles. The van der Waals surface area contributed by atoms with E-state index in [1.807, 2.05) is 3.28 Å². The molecule has 58 heavy (non-hydrogen) atoms. The molecule has 0 saturated heterocycles. The number of hydrogen-bond donors (Lipinski definition) is 0. The zero-order chi connectivity index (χ0) is 40.0. The van der Waals surface area contributed by atoms with Gasteiger partial charge in [0.25, 0.3) is 0 Å². The Hall–Kier alpha value is -2.18. The van der Waals surface area contributed by atoms with E-state index in [-0.39, 0.29) is 73.5 Å². The summed E-state index contributed by atoms with van der Waals surface area (Å²) in [6, 6.07) is 23.4. The van der Waals surface area contributed by atoms with Gasteiger partial charge in [-0.05, 0) is 0 Å². The van der Waals surface area contributed by atoms with Crippen molar-refractivity contribution in [2.24, 2.45) is 55.2 Å². The number of fused-ring (bicyclic) bond motifs is 9. The van der Waals surface area contributed by atoms with Crippen LogP contribution < -0.4 is 24.8 Å². The van der Waals surface area contributed by atoms with E-state index in [1.54, 1.807) is 22.3 Å². The van der Waals surface area contributed by atoms with Gasteiger partial charge in [-0.3, -0.25) is 0 Å². The Bertz CT molecular complexity index is 2200. The van der Waals surface area contributed by atoms with Gasteiger partial charge < -0.3 is 24.8 Å². The van der Waals surface area contributed by atoms with Gasteiger partial charge in [0.2, 0.25) is 0 Å². The Morgan fingerprint density at radius 2 is 1.16 bits per heavy atom. The van der Waals surface area contributed by atoms with Crippen molar-refractivity contribution >= 4 is 0 Å². The predicted octanol–water partition coefficient (Wildman–Crippen LogP) is 8.74. The third-order valence-electron chi connectivity index (χ3n) is 19.1. The van der Waals surface area contributed by atoms with E-state index in [9.17, 15) is 0 Å². The second kappa shape index (κ2) is 13.9. The van der Waals surface area contributed by atoms with Gasteiger partial charge in [-0.2, -0.15) is 0 Å². The molecule has 0 amide bonds. The molecule has 8 aliphatic rings. The summed E-state index contributed by atoms with van der Waals surface area (Å²) < 4.78 is 2.53. The molecule has 0 spiro atoms. The summed E-state index contributed by atoms with van der Waals surface area (Å²) >= 11 is -1.36. The SMILES string of the molecule is CCCCC1[C]([Zr+2][CH]2C3C=CC=C(C)C3(C)C3(C)C4(C)C=CC=CC4(C)C4(C)C=CC=CC4(C)C23C)=C2C(C(C)(C)C)=C1C2(c1ccccc1)c1ccccc1.[Cl-].[Cl-]. The quantitative estimate of drug-likeness (QED) is 0.261. The van der Waals surface area contributed by atoms with Crippen LogP contribution in [0.25, 0.3) is 0 Å². The minimum atomic E-state index is -1.36. The molecule has 0 nitrogen and oxygen atoms in total. The molecular formula is C55H66Cl2Zr. The number of allylic oxidation sites excluding steroid dienone is 16. The van der Waals surface area contributed by atoms with E-state index < -0.39 is 23.2 Å². The molecule has 2 aromatic carbocycles. The summed E-state index contributed by atoms with van der Waals surface area (Å²) in [5, 5.41) is 0. The Morgan fingerprint density at radius 3 is 1.67 bits per heavy atom. The average Bonchev–Trinajstić information content (AvgIpc) is 3.71. The molecule has 10 atom stereocenters. The van der Waals surface area contributed by atoms with Crippen molar-refractivity contribution in [2.45, 2.75) is 111 Å². The maximum absolute atomic E-state index is 2.84. The van der Waals surface area contributed by atoms with Crippen LogP contribution in [0.4, 0.5) is 0 Å². The Balaban J connectivity index is 0.00000256. The molecule has 304 valence electrons. The molecule has 2 fully saturated rings. The van der Waals surface area contributed by atoms with E-state index in [0.29, 0.717) is 15.5 Å². The van der Waals surface area contributed by atoms with Crippen LogP contribution in [0.1, 0.15) is 113 Å². The molecule has 0 radical (unpaired) electrons. The molecule has 3 heteroatoms. The molecule has 0 aromatic heterocycles. The Morgan fingerprint density at radius 1 is 0.655 bits per heavy atom. The van der Waals surface area contributed by atoms with Crippen molar-refractivity contribution < 1.29 is 48.0 Å². The van der Waals surface area contributed by atoms with E-state index in [4.69, 9.17) is 0 Å². The van der Waals surface area contributed by atoms with Crippen LogP contribution in [0.2, 0.25) is 3.63 Å². The zero-order valence-corrected chi connectivity index (χ0v) is 41.2. The van der Waals surface area contributed by atoms with Crippen LogP contribution in [0.3, 0.4) is 0 Å². The van der Waals surface area contributed by atoms with Crippen LogP contribution >= 0.6 is 0 Å². The van der Waals surface area contributed by atoms with Gasteiger partial charge in [0.1, 0.15) is 0 Å². The first-order valence-corrected chi connectivity index (χ1v) is 24.6. The summed E-state index contributed by atoms with van der Waals surface area (Å²) in [5.41, 5.74) is 9.31. The number of rotatable bonds is 7. The molecule has 0 heterocycles. The van der Waals surface area contributed by atoms with Gasteiger partial charge in [0.15, 0.2) is 0 Å². The maximum atomic E-state index is 2.84. The van der Waals surface area contributed by atoms with Crippen molar-refractivity contribution in [1.29, 1.82) is 0 Å². The van der Waals surface area contributed by atoms with E-state index in [1.165, 1.54) is 30.4 Å². The molecule has 10 rings (SSSR count). The third-order valence-corrected chi connectivity index (χ3v) is 24.4. The van der Waals surface area contributed by atoms with Gasteiger partial charge in [-0.25, -0.2) is 0 Å². The van der Waals surface area contributed by atoms with Gasteiger partial charge >= 0.3 is 354 Å². The van der Waals surface area contributed by atoms with Gasteiger partial charge in [0.05, 0.1) is 0 Å². The predicted molar refractivity (Wildman–Crippen MR) is 234 cm³/mol. The van der Waals surface area contributed by atoms with Crippen molar-refractivity contribution in [3.05, 3.63) is 164 Å². The van der Waals surface area contributed by atoms with Crippen molar-refractivity contribution in [3.63, 3.8) is 0 Å². The number of halogens is 2. The Kier molecular flexibility index (Phi) is 10.5. The first-order valence-electron chi connectivity index (χ1n) is 21.9. The molecule has 0 N–H and O–H groups in total. The van der Waals surface area contributed by atoms with Crippen LogP contribution in [-0.2, 0) is 28.6 Å². The molecule has 10 unspecified atom stereocenters. The fraction of sp³-hybridized carbons (Fsp3) is 0.491. The summed E-state index contributed by atoms with van der Waals surface area (Å²) in [6.07, 6.45) is 31.8. The van der Waals surface area contributed by atoms with E-state index in [0.717, 1.165) is 0 Å². The topological polar surface area (TPSA) is 0 Å². The summed E-state index contributed by atoms with van der Waals surface area (Å²) in [6.45, 7) is 31.5. The second-order valence-corrected chi connectivity index (χ2v) is 24.7. The van der Waals surface area contributed by atoms with E-state index in [2.05, 4.69) is 211 Å². The third kappa shape index (κ3) is 4.59. The summed E-state index contributed by atoms with van der Waals surface area (Å²) in [4.78, 5) is 0. The van der Waals surface area contributed by atoms with Gasteiger partial charge in [-0.1, -0.05) is 0 Å². The average molecular weight is 889 g/mol. The normalized spacial score (nSPS) is 40.7. The number of hydrogen-bond acceptors (Lipinski definition) is 0. The van der Waals surface area contributed by atoms with Crippen LogP contribution in [0.15, 0.2) is 153 Å². The fourth-order valence-electron chi connectivity index (χ4n) is 15.6. The summed E-state index contributed by atoms with van der Waals surface area (Å²) in [5.74, 6) is 1.01. The standard InChI is InChI=1S/C29H37.C26H29.2ClH.Zr/c1-21-14-13-15-22-20-27(6)25(4)18-10-9-16-23(25,2)24(3)17-11-12-19-26(24,5)29(27,8)28(21,22)7;1-5-6-13-19-18-22-24(25(2,3)4)23(19)26(22,20-14-9-7-10-15-20)21-16-11-8-12-17-21;;;/h9-20,22H,1-8H3;7-12,14-17,19H,5-6,13H2,1-4H3;2*1H;/q;;;;+2/p-2. The van der Waals surface area contributed by atoms with Crippen molar-refractivity contribution in [2.75, 3.05) is 0 Å². The Labute approximate surface area is 376 Å². The summed E-state index contributed by atoms with van der Waals surface area (Å²) in [7, 11) is 0. The van der Waals surface area contributed by atoms with Crippen molar-refractivity contribution in [1.82, 2.24) is 0 Å². The van der Waals surface area contributed by atoms with Crippen LogP contribution in [-0.4, -0.2) is 0 Å². The van der Waals surface area contributed by atoms with Crippen LogP contribution in [0.5, 0.6) is 0 Å². The molecule has 2 bridgehead atoms. The van der Waals surface area contributed by atoms with Gasteiger partial charge in [0, 0.05) is 0 Å². The maximum Gasteiger partial charge on any atom is -1.00 e. The molecule has 0 aliphatic heterocycles. The molecular weight excluding hydrogens is 823 g/mol.